The summed E-state index contributed by atoms with van der Waals surface area (Å²) < 4.78 is 2.15. The highest BCUT2D eigenvalue weighted by molar-refractivity contribution is 8.03. The monoisotopic (exact) mass is 263 g/mol. The molecule has 0 aliphatic carbocycles. The van der Waals surface area contributed by atoms with Crippen molar-refractivity contribution >= 4 is 35.5 Å². The van der Waals surface area contributed by atoms with Crippen LogP contribution in [0.3, 0.4) is 0 Å². The van der Waals surface area contributed by atoms with Crippen molar-refractivity contribution in [2.24, 2.45) is 0 Å². The van der Waals surface area contributed by atoms with Crippen molar-refractivity contribution in [1.82, 2.24) is 14.5 Å². The molecule has 3 aliphatic rings. The molecule has 0 saturated carbocycles. The molecule has 3 aliphatic heterocycles. The van der Waals surface area contributed by atoms with Gasteiger partial charge in [-0.15, -0.1) is 11.8 Å². The molecule has 4 heterocycles. The zero-order valence-electron chi connectivity index (χ0n) is 8.87. The number of fused-ring (bicyclic) bond motifs is 2. The molecule has 1 saturated heterocycles. The number of amides is 1. The average Bonchev–Trinajstić information content (AvgIpc) is 2.99. The Morgan fingerprint density at radius 2 is 2.47 bits per heavy atom. The molecule has 0 bridgehead atoms. The second kappa shape index (κ2) is 3.43. The molecular weight excluding hydrogens is 254 g/mol. The lowest BCUT2D eigenvalue weighted by atomic mass is 10.1. The lowest BCUT2D eigenvalue weighted by Gasteiger charge is -2.35. The van der Waals surface area contributed by atoms with Crippen molar-refractivity contribution in [3.63, 3.8) is 0 Å². The molecule has 4 nitrogen and oxygen atoms in total. The SMILES string of the molecule is O=C1C(=Cc2cn3c(n2)SCC3)[C@H]2SC=CN12. The fourth-order valence-corrected chi connectivity index (χ4v) is 4.11. The van der Waals surface area contributed by atoms with Gasteiger partial charge in [0.25, 0.3) is 5.91 Å². The quantitative estimate of drug-likeness (QED) is 0.571. The summed E-state index contributed by atoms with van der Waals surface area (Å²) in [5.41, 5.74) is 1.77. The smallest absolute Gasteiger partial charge is 0.258 e. The van der Waals surface area contributed by atoms with Crippen LogP contribution in [0.2, 0.25) is 0 Å². The lowest BCUT2D eigenvalue weighted by molar-refractivity contribution is -0.130. The Hall–Kier alpha value is -1.14. The first-order valence-corrected chi connectivity index (χ1v) is 7.32. The highest BCUT2D eigenvalue weighted by Crippen LogP contribution is 2.41. The molecule has 4 rings (SSSR count). The Kier molecular flexibility index (Phi) is 1.99. The Morgan fingerprint density at radius 3 is 3.35 bits per heavy atom. The molecule has 1 aromatic rings. The van der Waals surface area contributed by atoms with Crippen molar-refractivity contribution < 1.29 is 4.79 Å². The van der Waals surface area contributed by atoms with E-state index < -0.39 is 0 Å². The summed E-state index contributed by atoms with van der Waals surface area (Å²) in [6, 6.07) is 0. The third-order valence-corrected chi connectivity index (χ3v) is 5.04. The zero-order valence-corrected chi connectivity index (χ0v) is 10.5. The van der Waals surface area contributed by atoms with Gasteiger partial charge in [0.1, 0.15) is 5.37 Å². The van der Waals surface area contributed by atoms with Crippen LogP contribution in [-0.4, -0.2) is 31.5 Å². The van der Waals surface area contributed by atoms with Gasteiger partial charge in [0.15, 0.2) is 5.16 Å². The number of aromatic nitrogens is 2. The van der Waals surface area contributed by atoms with E-state index >= 15 is 0 Å². The first-order valence-electron chi connectivity index (χ1n) is 5.39. The number of carbonyl (C=O) groups excluding carboxylic acids is 1. The van der Waals surface area contributed by atoms with Gasteiger partial charge in [-0.2, -0.15) is 0 Å². The number of rotatable bonds is 1. The number of carbonyl (C=O) groups is 1. The molecule has 1 amide bonds. The molecule has 1 atom stereocenters. The summed E-state index contributed by atoms with van der Waals surface area (Å²) in [4.78, 5) is 18.0. The number of aryl methyl sites for hydroxylation is 1. The Labute approximate surface area is 107 Å². The lowest BCUT2D eigenvalue weighted by Crippen LogP contribution is -2.47. The summed E-state index contributed by atoms with van der Waals surface area (Å²) in [5, 5.41) is 3.22. The number of nitrogens with zero attached hydrogens (tertiary/aromatic N) is 3. The second-order valence-electron chi connectivity index (χ2n) is 4.08. The first-order chi connectivity index (χ1) is 8.33. The van der Waals surface area contributed by atoms with Crippen LogP contribution in [0, 0.1) is 0 Å². The van der Waals surface area contributed by atoms with E-state index in [2.05, 4.69) is 9.55 Å². The minimum absolute atomic E-state index is 0.108. The van der Waals surface area contributed by atoms with Crippen molar-refractivity contribution in [2.45, 2.75) is 17.1 Å². The summed E-state index contributed by atoms with van der Waals surface area (Å²) in [6.45, 7) is 1.02. The van der Waals surface area contributed by atoms with Gasteiger partial charge in [0.2, 0.25) is 0 Å². The Morgan fingerprint density at radius 1 is 1.53 bits per heavy atom. The molecule has 0 spiro atoms. The molecule has 0 radical (unpaired) electrons. The number of hydrogen-bond acceptors (Lipinski definition) is 4. The van der Waals surface area contributed by atoms with E-state index in [1.165, 1.54) is 0 Å². The van der Waals surface area contributed by atoms with Gasteiger partial charge in [-0.05, 0) is 11.5 Å². The van der Waals surface area contributed by atoms with Crippen LogP contribution in [0.5, 0.6) is 0 Å². The minimum Gasteiger partial charge on any atom is -0.325 e. The van der Waals surface area contributed by atoms with Crippen LogP contribution in [0.4, 0.5) is 0 Å². The van der Waals surface area contributed by atoms with Crippen molar-refractivity contribution in [3.05, 3.63) is 29.1 Å². The fourth-order valence-electron chi connectivity index (χ4n) is 2.20. The minimum atomic E-state index is 0.108. The zero-order chi connectivity index (χ0) is 11.4. The third kappa shape index (κ3) is 1.34. The maximum Gasteiger partial charge on any atom is 0.258 e. The van der Waals surface area contributed by atoms with Crippen LogP contribution < -0.4 is 0 Å². The van der Waals surface area contributed by atoms with E-state index in [1.54, 1.807) is 28.4 Å². The summed E-state index contributed by atoms with van der Waals surface area (Å²) in [5.74, 6) is 1.21. The molecule has 1 fully saturated rings. The van der Waals surface area contributed by atoms with E-state index in [-0.39, 0.29) is 11.3 Å². The van der Waals surface area contributed by atoms with Gasteiger partial charge in [0, 0.05) is 24.7 Å². The maximum atomic E-state index is 11.8. The maximum absolute atomic E-state index is 11.8. The van der Waals surface area contributed by atoms with Gasteiger partial charge in [-0.25, -0.2) is 4.98 Å². The third-order valence-electron chi connectivity index (χ3n) is 3.05. The Balaban J connectivity index is 1.66. The van der Waals surface area contributed by atoms with E-state index in [0.29, 0.717) is 0 Å². The van der Waals surface area contributed by atoms with Crippen molar-refractivity contribution in [3.8, 4) is 0 Å². The topological polar surface area (TPSA) is 38.1 Å². The second-order valence-corrected chi connectivity index (χ2v) is 6.13. The van der Waals surface area contributed by atoms with Gasteiger partial charge in [-0.3, -0.25) is 9.69 Å². The van der Waals surface area contributed by atoms with Crippen LogP contribution in [0.1, 0.15) is 5.69 Å². The van der Waals surface area contributed by atoms with Gasteiger partial charge in [0.05, 0.1) is 11.3 Å². The largest absolute Gasteiger partial charge is 0.325 e. The summed E-state index contributed by atoms with van der Waals surface area (Å²) in [6.07, 6.45) is 5.80. The summed E-state index contributed by atoms with van der Waals surface area (Å²) in [7, 11) is 0. The average molecular weight is 263 g/mol. The van der Waals surface area contributed by atoms with Crippen LogP contribution in [-0.2, 0) is 11.3 Å². The van der Waals surface area contributed by atoms with Gasteiger partial charge < -0.3 is 4.57 Å². The number of imidazole rings is 1. The molecule has 6 heteroatoms. The van der Waals surface area contributed by atoms with Gasteiger partial charge >= 0.3 is 0 Å². The first kappa shape index (κ1) is 9.85. The highest BCUT2D eigenvalue weighted by Gasteiger charge is 2.43. The number of thioether (sulfide) groups is 2. The highest BCUT2D eigenvalue weighted by atomic mass is 32.2. The fraction of sp³-hybridized carbons (Fsp3) is 0.273. The number of hydrogen-bond donors (Lipinski definition) is 0. The Bertz CT molecular complexity index is 554. The molecule has 17 heavy (non-hydrogen) atoms. The summed E-state index contributed by atoms with van der Waals surface area (Å²) >= 11 is 3.44. The van der Waals surface area contributed by atoms with E-state index in [0.717, 1.165) is 28.7 Å². The van der Waals surface area contributed by atoms with Crippen LogP contribution >= 0.6 is 23.5 Å². The van der Waals surface area contributed by atoms with Crippen molar-refractivity contribution in [2.75, 3.05) is 5.75 Å². The van der Waals surface area contributed by atoms with E-state index in [1.807, 2.05) is 23.9 Å². The molecule has 0 aromatic carbocycles. The normalized spacial score (nSPS) is 27.5. The predicted molar refractivity (Wildman–Crippen MR) is 68.3 cm³/mol. The predicted octanol–water partition coefficient (Wildman–Crippen LogP) is 1.76. The van der Waals surface area contributed by atoms with Crippen molar-refractivity contribution in [1.29, 1.82) is 0 Å². The standard InChI is InChI=1S/C11H9N3OS2/c15-9-8(10-14(9)2-4-16-10)5-7-6-13-1-3-17-11(13)12-7/h2,4-6,10H,1,3H2/t10-/m1/s1. The molecule has 0 unspecified atom stereocenters. The molecule has 1 aromatic heterocycles. The molecular formula is C11H9N3OS2. The van der Waals surface area contributed by atoms with Gasteiger partial charge in [-0.1, -0.05) is 11.8 Å². The van der Waals surface area contributed by atoms with E-state index in [4.69, 9.17) is 0 Å². The number of β-lactam (4-membered cyclic amide) rings is 1. The molecule has 0 N–H and O–H groups in total. The van der Waals surface area contributed by atoms with Crippen LogP contribution in [0.25, 0.3) is 6.08 Å². The van der Waals surface area contributed by atoms with E-state index in [9.17, 15) is 4.79 Å². The molecule has 86 valence electrons. The van der Waals surface area contributed by atoms with Crippen LogP contribution in [0.15, 0.2) is 28.5 Å².